The fourth-order valence-electron chi connectivity index (χ4n) is 2.73. The summed E-state index contributed by atoms with van der Waals surface area (Å²) in [5, 5.41) is 12.4. The van der Waals surface area contributed by atoms with E-state index in [1.807, 2.05) is 0 Å². The molecule has 1 fully saturated rings. The first-order valence-corrected chi connectivity index (χ1v) is 7.06. The summed E-state index contributed by atoms with van der Waals surface area (Å²) >= 11 is 0. The van der Waals surface area contributed by atoms with Crippen LogP contribution in [0.5, 0.6) is 0 Å². The molecule has 1 saturated heterocycles. The van der Waals surface area contributed by atoms with E-state index in [0.717, 1.165) is 12.3 Å². The van der Waals surface area contributed by atoms with E-state index in [2.05, 4.69) is 37.1 Å². The SMILES string of the molecule is CCC(CC#N)NC(C)C1CCCN(CC)C1. The maximum atomic E-state index is 8.77. The molecule has 0 amide bonds. The molecule has 0 saturated carbocycles. The van der Waals surface area contributed by atoms with Crippen LogP contribution in [0, 0.1) is 17.2 Å². The lowest BCUT2D eigenvalue weighted by Gasteiger charge is -2.36. The lowest BCUT2D eigenvalue weighted by molar-refractivity contribution is 0.152. The Morgan fingerprint density at radius 1 is 1.47 bits per heavy atom. The molecule has 0 aromatic heterocycles. The first-order valence-electron chi connectivity index (χ1n) is 7.06. The summed E-state index contributed by atoms with van der Waals surface area (Å²) in [6.45, 7) is 10.3. The van der Waals surface area contributed by atoms with Crippen LogP contribution in [-0.2, 0) is 0 Å². The van der Waals surface area contributed by atoms with Crippen LogP contribution in [0.25, 0.3) is 0 Å². The largest absolute Gasteiger partial charge is 0.310 e. The van der Waals surface area contributed by atoms with Gasteiger partial charge in [0.05, 0.1) is 12.5 Å². The van der Waals surface area contributed by atoms with E-state index in [-0.39, 0.29) is 0 Å². The van der Waals surface area contributed by atoms with Crippen LogP contribution in [-0.4, -0.2) is 36.6 Å². The number of piperidine rings is 1. The van der Waals surface area contributed by atoms with Gasteiger partial charge < -0.3 is 10.2 Å². The molecule has 1 aliphatic rings. The van der Waals surface area contributed by atoms with E-state index in [1.54, 1.807) is 0 Å². The monoisotopic (exact) mass is 237 g/mol. The van der Waals surface area contributed by atoms with Gasteiger partial charge in [-0.15, -0.1) is 0 Å². The van der Waals surface area contributed by atoms with Gasteiger partial charge >= 0.3 is 0 Å². The maximum Gasteiger partial charge on any atom is 0.0638 e. The van der Waals surface area contributed by atoms with Crippen molar-refractivity contribution in [1.82, 2.24) is 10.2 Å². The molecule has 1 aliphatic heterocycles. The van der Waals surface area contributed by atoms with Crippen molar-refractivity contribution in [3.63, 3.8) is 0 Å². The van der Waals surface area contributed by atoms with Gasteiger partial charge in [0, 0.05) is 18.6 Å². The van der Waals surface area contributed by atoms with E-state index in [4.69, 9.17) is 5.26 Å². The number of nitrogens with zero attached hydrogens (tertiary/aromatic N) is 2. The zero-order chi connectivity index (χ0) is 12.7. The molecule has 1 N–H and O–H groups in total. The van der Waals surface area contributed by atoms with Crippen molar-refractivity contribution in [2.75, 3.05) is 19.6 Å². The summed E-state index contributed by atoms with van der Waals surface area (Å²) in [5.74, 6) is 0.747. The molecule has 0 aromatic rings. The standard InChI is InChI=1S/C14H27N3/c1-4-14(8-9-15)16-12(3)13-7-6-10-17(5-2)11-13/h12-14,16H,4-8,10-11H2,1-3H3. The first kappa shape index (κ1) is 14.5. The minimum absolute atomic E-state index is 0.368. The Kier molecular flexibility index (Phi) is 6.54. The molecular formula is C14H27N3. The number of likely N-dealkylation sites (tertiary alicyclic amines) is 1. The molecule has 0 bridgehead atoms. The van der Waals surface area contributed by atoms with Gasteiger partial charge in [-0.05, 0) is 45.2 Å². The highest BCUT2D eigenvalue weighted by Crippen LogP contribution is 2.20. The Balaban J connectivity index is 2.40. The van der Waals surface area contributed by atoms with E-state index >= 15 is 0 Å². The fourth-order valence-corrected chi connectivity index (χ4v) is 2.73. The van der Waals surface area contributed by atoms with Crippen LogP contribution < -0.4 is 5.32 Å². The lowest BCUT2D eigenvalue weighted by atomic mass is 9.91. The average Bonchev–Trinajstić information content (AvgIpc) is 2.38. The third-order valence-electron chi connectivity index (χ3n) is 4.03. The van der Waals surface area contributed by atoms with Gasteiger partial charge in [-0.2, -0.15) is 5.26 Å². The molecule has 0 spiro atoms. The molecule has 0 aliphatic carbocycles. The molecular weight excluding hydrogens is 210 g/mol. The van der Waals surface area contributed by atoms with Crippen molar-refractivity contribution in [3.05, 3.63) is 0 Å². The third kappa shape index (κ3) is 4.65. The van der Waals surface area contributed by atoms with Crippen LogP contribution in [0.2, 0.25) is 0 Å². The van der Waals surface area contributed by atoms with E-state index < -0.39 is 0 Å². The zero-order valence-electron chi connectivity index (χ0n) is 11.6. The summed E-state index contributed by atoms with van der Waals surface area (Å²) in [5.41, 5.74) is 0. The Morgan fingerprint density at radius 2 is 2.24 bits per heavy atom. The van der Waals surface area contributed by atoms with Crippen molar-refractivity contribution >= 4 is 0 Å². The lowest BCUT2D eigenvalue weighted by Crippen LogP contribution is -2.47. The Hall–Kier alpha value is -0.590. The van der Waals surface area contributed by atoms with E-state index in [1.165, 1.54) is 32.5 Å². The normalized spacial score (nSPS) is 25.2. The summed E-state index contributed by atoms with van der Waals surface area (Å²) in [6.07, 6.45) is 4.32. The molecule has 3 unspecified atom stereocenters. The fraction of sp³-hybridized carbons (Fsp3) is 0.929. The van der Waals surface area contributed by atoms with Crippen LogP contribution in [0.1, 0.15) is 46.5 Å². The molecule has 3 nitrogen and oxygen atoms in total. The molecule has 3 atom stereocenters. The predicted octanol–water partition coefficient (Wildman–Crippen LogP) is 2.39. The van der Waals surface area contributed by atoms with Gasteiger partial charge in [0.1, 0.15) is 0 Å². The number of nitrogens with one attached hydrogen (secondary N) is 1. The third-order valence-corrected chi connectivity index (χ3v) is 4.03. The highest BCUT2D eigenvalue weighted by molar-refractivity contribution is 4.86. The number of hydrogen-bond donors (Lipinski definition) is 1. The minimum Gasteiger partial charge on any atom is -0.310 e. The van der Waals surface area contributed by atoms with Crippen molar-refractivity contribution in [3.8, 4) is 6.07 Å². The Labute approximate surface area is 106 Å². The van der Waals surface area contributed by atoms with E-state index in [9.17, 15) is 0 Å². The van der Waals surface area contributed by atoms with Crippen molar-refractivity contribution in [2.45, 2.75) is 58.5 Å². The Bertz CT molecular complexity index is 246. The molecule has 0 radical (unpaired) electrons. The molecule has 3 heteroatoms. The summed E-state index contributed by atoms with van der Waals surface area (Å²) in [6, 6.07) is 3.17. The minimum atomic E-state index is 0.368. The topological polar surface area (TPSA) is 39.1 Å². The summed E-state index contributed by atoms with van der Waals surface area (Å²) in [7, 11) is 0. The first-order chi connectivity index (χ1) is 8.21. The summed E-state index contributed by atoms with van der Waals surface area (Å²) in [4.78, 5) is 2.54. The van der Waals surface area contributed by atoms with Gasteiger partial charge in [0.15, 0.2) is 0 Å². The smallest absolute Gasteiger partial charge is 0.0638 e. The van der Waals surface area contributed by atoms with Crippen LogP contribution in [0.3, 0.4) is 0 Å². The Morgan fingerprint density at radius 3 is 2.82 bits per heavy atom. The van der Waals surface area contributed by atoms with E-state index in [0.29, 0.717) is 18.5 Å². The van der Waals surface area contributed by atoms with Crippen molar-refractivity contribution in [2.24, 2.45) is 5.92 Å². The number of nitriles is 1. The zero-order valence-corrected chi connectivity index (χ0v) is 11.6. The van der Waals surface area contributed by atoms with Crippen molar-refractivity contribution in [1.29, 1.82) is 5.26 Å². The highest BCUT2D eigenvalue weighted by Gasteiger charge is 2.24. The quantitative estimate of drug-likeness (QED) is 0.771. The predicted molar refractivity (Wildman–Crippen MR) is 71.7 cm³/mol. The van der Waals surface area contributed by atoms with Gasteiger partial charge in [-0.25, -0.2) is 0 Å². The van der Waals surface area contributed by atoms with Crippen LogP contribution in [0.4, 0.5) is 0 Å². The van der Waals surface area contributed by atoms with Gasteiger partial charge in [0.2, 0.25) is 0 Å². The molecule has 1 rings (SSSR count). The molecule has 17 heavy (non-hydrogen) atoms. The molecule has 1 heterocycles. The summed E-state index contributed by atoms with van der Waals surface area (Å²) < 4.78 is 0. The second-order valence-corrected chi connectivity index (χ2v) is 5.22. The second-order valence-electron chi connectivity index (χ2n) is 5.22. The number of rotatable bonds is 6. The van der Waals surface area contributed by atoms with Gasteiger partial charge in [0.25, 0.3) is 0 Å². The maximum absolute atomic E-state index is 8.77. The second kappa shape index (κ2) is 7.68. The van der Waals surface area contributed by atoms with Crippen molar-refractivity contribution < 1.29 is 0 Å². The number of hydrogen-bond acceptors (Lipinski definition) is 3. The molecule has 0 aromatic carbocycles. The highest BCUT2D eigenvalue weighted by atomic mass is 15.1. The van der Waals surface area contributed by atoms with Gasteiger partial charge in [-0.3, -0.25) is 0 Å². The average molecular weight is 237 g/mol. The van der Waals surface area contributed by atoms with Crippen LogP contribution in [0.15, 0.2) is 0 Å². The molecule has 98 valence electrons. The van der Waals surface area contributed by atoms with Crippen LogP contribution >= 0.6 is 0 Å². The van der Waals surface area contributed by atoms with Gasteiger partial charge in [-0.1, -0.05) is 13.8 Å².